The van der Waals surface area contributed by atoms with E-state index in [1.54, 1.807) is 6.07 Å². The van der Waals surface area contributed by atoms with Crippen molar-refractivity contribution in [3.8, 4) is 0 Å². The minimum absolute atomic E-state index is 0.0147. The average Bonchev–Trinajstić information content (AvgIpc) is 2.52. The van der Waals surface area contributed by atoms with Gasteiger partial charge in [-0.05, 0) is 19.5 Å². The molecule has 1 aliphatic heterocycles. The Balaban J connectivity index is 2.41. The van der Waals surface area contributed by atoms with Crippen LogP contribution in [0.1, 0.15) is 12.0 Å². The Morgan fingerprint density at radius 1 is 1.47 bits per heavy atom. The molecule has 1 fully saturated rings. The van der Waals surface area contributed by atoms with Crippen molar-refractivity contribution >= 4 is 11.6 Å². The van der Waals surface area contributed by atoms with Gasteiger partial charge in [0, 0.05) is 18.7 Å². The number of rotatable bonds is 1. The first kappa shape index (κ1) is 10.8. The van der Waals surface area contributed by atoms with Crippen molar-refractivity contribution in [1.29, 1.82) is 0 Å². The van der Waals surface area contributed by atoms with Crippen molar-refractivity contribution in [1.82, 2.24) is 4.90 Å². The van der Waals surface area contributed by atoms with E-state index in [9.17, 15) is 8.78 Å². The molecule has 1 aliphatic rings. The van der Waals surface area contributed by atoms with Crippen molar-refractivity contribution in [3.63, 3.8) is 0 Å². The van der Waals surface area contributed by atoms with Crippen LogP contribution in [0.5, 0.6) is 0 Å². The van der Waals surface area contributed by atoms with Gasteiger partial charge in [-0.3, -0.25) is 0 Å². The molecule has 0 aliphatic carbocycles. The van der Waals surface area contributed by atoms with Gasteiger partial charge >= 0.3 is 0 Å². The fraction of sp³-hybridized carbons (Fsp3) is 0.455. The average molecular weight is 232 g/mol. The molecular weight excluding hydrogens is 220 g/mol. The van der Waals surface area contributed by atoms with Crippen molar-refractivity contribution in [2.45, 2.75) is 12.1 Å². The largest absolute Gasteiger partial charge is 0.303 e. The molecule has 0 N–H and O–H groups in total. The number of halogens is 3. The minimum atomic E-state index is -1.59. The number of benzene rings is 1. The van der Waals surface area contributed by atoms with Crippen LogP contribution in [0.25, 0.3) is 0 Å². The van der Waals surface area contributed by atoms with Crippen molar-refractivity contribution in [2.24, 2.45) is 0 Å². The van der Waals surface area contributed by atoms with E-state index in [-0.39, 0.29) is 17.1 Å². The summed E-state index contributed by atoms with van der Waals surface area (Å²) in [6, 6.07) is 4.49. The van der Waals surface area contributed by atoms with Crippen LogP contribution in [-0.4, -0.2) is 25.0 Å². The molecule has 1 aromatic rings. The lowest BCUT2D eigenvalue weighted by Crippen LogP contribution is -2.25. The fourth-order valence-electron chi connectivity index (χ4n) is 2.02. The topological polar surface area (TPSA) is 3.24 Å². The molecule has 1 atom stereocenters. The summed E-state index contributed by atoms with van der Waals surface area (Å²) in [6.45, 7) is 0.868. The highest BCUT2D eigenvalue weighted by molar-refractivity contribution is 6.30. The van der Waals surface area contributed by atoms with Crippen LogP contribution in [0.2, 0.25) is 5.02 Å². The van der Waals surface area contributed by atoms with Crippen molar-refractivity contribution in [3.05, 3.63) is 34.6 Å². The molecule has 1 heterocycles. The summed E-state index contributed by atoms with van der Waals surface area (Å²) in [6.07, 6.45) is 0.320. The Hall–Kier alpha value is -0.670. The maximum Gasteiger partial charge on any atom is 0.152 e. The molecule has 1 unspecified atom stereocenters. The molecule has 1 nitrogen and oxygen atoms in total. The van der Waals surface area contributed by atoms with Crippen molar-refractivity contribution < 1.29 is 8.78 Å². The first-order valence-electron chi connectivity index (χ1n) is 4.85. The Morgan fingerprint density at radius 2 is 2.20 bits per heavy atom. The second kappa shape index (κ2) is 3.72. The summed E-state index contributed by atoms with van der Waals surface area (Å²) in [4.78, 5) is 1.85. The highest BCUT2D eigenvalue weighted by Crippen LogP contribution is 2.38. The zero-order chi connectivity index (χ0) is 11.1. The second-order valence-corrected chi connectivity index (χ2v) is 4.46. The van der Waals surface area contributed by atoms with E-state index in [0.29, 0.717) is 13.0 Å². The minimum Gasteiger partial charge on any atom is -0.303 e. The van der Waals surface area contributed by atoms with E-state index in [1.165, 1.54) is 12.1 Å². The van der Waals surface area contributed by atoms with Gasteiger partial charge in [-0.2, -0.15) is 0 Å². The molecule has 4 heteroatoms. The van der Waals surface area contributed by atoms with Gasteiger partial charge < -0.3 is 4.90 Å². The zero-order valence-corrected chi connectivity index (χ0v) is 9.19. The quantitative estimate of drug-likeness (QED) is 0.718. The third kappa shape index (κ3) is 1.86. The number of alkyl halides is 1. The molecule has 0 saturated carbocycles. The van der Waals surface area contributed by atoms with Crippen LogP contribution >= 0.6 is 11.6 Å². The summed E-state index contributed by atoms with van der Waals surface area (Å²) < 4.78 is 28.0. The smallest absolute Gasteiger partial charge is 0.152 e. The maximum absolute atomic E-state index is 14.4. The van der Waals surface area contributed by atoms with Gasteiger partial charge in [0.15, 0.2) is 5.67 Å². The van der Waals surface area contributed by atoms with Gasteiger partial charge in [0.05, 0.1) is 5.02 Å². The molecule has 0 amide bonds. The van der Waals surface area contributed by atoms with Crippen LogP contribution in [0, 0.1) is 5.82 Å². The van der Waals surface area contributed by atoms with Crippen LogP contribution in [-0.2, 0) is 5.67 Å². The first-order chi connectivity index (χ1) is 7.03. The fourth-order valence-corrected chi connectivity index (χ4v) is 2.20. The Kier molecular flexibility index (Phi) is 2.69. The molecule has 82 valence electrons. The molecule has 0 bridgehead atoms. The summed E-state index contributed by atoms with van der Waals surface area (Å²) in [5, 5.41) is -0.0147. The van der Waals surface area contributed by atoms with Gasteiger partial charge in [-0.1, -0.05) is 23.7 Å². The van der Waals surface area contributed by atoms with Gasteiger partial charge in [0.25, 0.3) is 0 Å². The van der Waals surface area contributed by atoms with Gasteiger partial charge in [-0.15, -0.1) is 0 Å². The van der Waals surface area contributed by atoms with E-state index in [1.807, 2.05) is 11.9 Å². The predicted octanol–water partition coefficient (Wildman–Crippen LogP) is 2.98. The summed E-state index contributed by atoms with van der Waals surface area (Å²) in [5.74, 6) is -0.628. The third-order valence-electron chi connectivity index (χ3n) is 2.84. The van der Waals surface area contributed by atoms with Gasteiger partial charge in [0.2, 0.25) is 0 Å². The van der Waals surface area contributed by atoms with Crippen LogP contribution in [0.15, 0.2) is 18.2 Å². The summed E-state index contributed by atoms with van der Waals surface area (Å²) in [7, 11) is 1.82. The number of hydrogen-bond donors (Lipinski definition) is 0. The SMILES string of the molecule is CN1CCC(F)(c2cccc(Cl)c2F)C1. The normalized spacial score (nSPS) is 27.2. The second-order valence-electron chi connectivity index (χ2n) is 4.05. The zero-order valence-electron chi connectivity index (χ0n) is 8.43. The van der Waals surface area contributed by atoms with E-state index < -0.39 is 11.5 Å². The summed E-state index contributed by atoms with van der Waals surface area (Å²) >= 11 is 5.64. The number of hydrogen-bond acceptors (Lipinski definition) is 1. The van der Waals surface area contributed by atoms with E-state index >= 15 is 0 Å². The first-order valence-corrected chi connectivity index (χ1v) is 5.23. The maximum atomic E-state index is 14.4. The number of likely N-dealkylation sites (tertiary alicyclic amines) is 1. The molecular formula is C11H12ClF2N. The number of nitrogens with zero attached hydrogens (tertiary/aromatic N) is 1. The van der Waals surface area contributed by atoms with E-state index in [2.05, 4.69) is 0 Å². The predicted molar refractivity (Wildman–Crippen MR) is 56.3 cm³/mol. The highest BCUT2D eigenvalue weighted by Gasteiger charge is 2.40. The third-order valence-corrected chi connectivity index (χ3v) is 3.14. The molecule has 1 saturated heterocycles. The van der Waals surface area contributed by atoms with Gasteiger partial charge in [-0.25, -0.2) is 8.78 Å². The summed E-state index contributed by atoms with van der Waals surface area (Å²) in [5.41, 5.74) is -1.51. The Labute approximate surface area is 92.6 Å². The molecule has 0 aromatic heterocycles. The lowest BCUT2D eigenvalue weighted by molar-refractivity contribution is 0.168. The molecule has 0 radical (unpaired) electrons. The van der Waals surface area contributed by atoms with Crippen LogP contribution in [0.3, 0.4) is 0 Å². The van der Waals surface area contributed by atoms with E-state index in [0.717, 1.165) is 0 Å². The van der Waals surface area contributed by atoms with Crippen LogP contribution in [0.4, 0.5) is 8.78 Å². The van der Waals surface area contributed by atoms with Gasteiger partial charge in [0.1, 0.15) is 5.82 Å². The molecule has 2 rings (SSSR count). The Morgan fingerprint density at radius 3 is 2.80 bits per heavy atom. The molecule has 1 aromatic carbocycles. The lowest BCUT2D eigenvalue weighted by Gasteiger charge is -2.20. The Bertz CT molecular complexity index is 383. The molecule has 15 heavy (non-hydrogen) atoms. The highest BCUT2D eigenvalue weighted by atomic mass is 35.5. The molecule has 0 spiro atoms. The van der Waals surface area contributed by atoms with E-state index in [4.69, 9.17) is 11.6 Å². The van der Waals surface area contributed by atoms with Crippen LogP contribution < -0.4 is 0 Å². The lowest BCUT2D eigenvalue weighted by atomic mass is 9.94. The van der Waals surface area contributed by atoms with Crippen molar-refractivity contribution in [2.75, 3.05) is 20.1 Å². The number of likely N-dealkylation sites (N-methyl/N-ethyl adjacent to an activating group) is 1. The standard InChI is InChI=1S/C11H12ClF2N/c1-15-6-5-11(14,7-15)8-3-2-4-9(12)10(8)13/h2-4H,5-7H2,1H3. The monoisotopic (exact) mass is 231 g/mol.